The van der Waals surface area contributed by atoms with E-state index in [-0.39, 0.29) is 16.8 Å². The number of hydrogen-bond donors (Lipinski definition) is 2. The van der Waals surface area contributed by atoms with E-state index < -0.39 is 11.9 Å². The van der Waals surface area contributed by atoms with Crippen LogP contribution >= 0.6 is 0 Å². The third-order valence-electron chi connectivity index (χ3n) is 6.49. The van der Waals surface area contributed by atoms with E-state index in [0.717, 1.165) is 98.8 Å². The van der Waals surface area contributed by atoms with Crippen molar-refractivity contribution in [2.24, 2.45) is 9.98 Å². The Hall–Kier alpha value is -3.95. The predicted octanol–water partition coefficient (Wildman–Crippen LogP) is 5.92. The number of hydrogen-bond acceptors (Lipinski definition) is 8. The van der Waals surface area contributed by atoms with Crippen LogP contribution in [0.3, 0.4) is 0 Å². The molecule has 9 heteroatoms. The van der Waals surface area contributed by atoms with Crippen molar-refractivity contribution in [3.8, 4) is 11.5 Å². The van der Waals surface area contributed by atoms with Gasteiger partial charge in [-0.2, -0.15) is 0 Å². The van der Waals surface area contributed by atoms with Gasteiger partial charge in [0.2, 0.25) is 0 Å². The molecule has 0 aliphatic carbocycles. The van der Waals surface area contributed by atoms with E-state index in [9.17, 15) is 10.2 Å². The quantitative estimate of drug-likeness (QED) is 0.231. The zero-order chi connectivity index (χ0) is 33.1. The molecule has 0 atom stereocenters. The van der Waals surface area contributed by atoms with Crippen LogP contribution in [0.2, 0.25) is 0 Å². The van der Waals surface area contributed by atoms with E-state index >= 15 is 0 Å². The van der Waals surface area contributed by atoms with Crippen LogP contribution in [0.25, 0.3) is 0 Å². The topological polar surface area (TPSA) is 145 Å². The van der Waals surface area contributed by atoms with E-state index in [2.05, 4.69) is 49.8 Å². The molecule has 0 unspecified atom stereocenters. The van der Waals surface area contributed by atoms with E-state index in [0.29, 0.717) is 11.5 Å². The smallest absolute Gasteiger partial charge is 0.550 e. The summed E-state index contributed by atoms with van der Waals surface area (Å²) >= 11 is 0. The largest absolute Gasteiger partial charge is 2.00 e. The Labute approximate surface area is 278 Å². The number of carboxylic acid groups (broad SMARTS) is 2. The fourth-order valence-electron chi connectivity index (χ4n) is 4.30. The summed E-state index contributed by atoms with van der Waals surface area (Å²) in [6, 6.07) is 16.0. The molecular formula is C36H46CoN2O6. The number of aliphatic imine (C=N–C) groups is 2. The van der Waals surface area contributed by atoms with Crippen LogP contribution in [0, 0.1) is 0 Å². The molecule has 0 saturated carbocycles. The van der Waals surface area contributed by atoms with Crippen molar-refractivity contribution in [2.45, 2.75) is 92.9 Å². The van der Waals surface area contributed by atoms with Gasteiger partial charge in [-0.1, -0.05) is 58.7 Å². The minimum atomic E-state index is -1.08. The number of carbonyl (C=O) groups excluding carboxylic acids is 2. The first kappa shape index (κ1) is 41.0. The molecule has 0 aromatic heterocycles. The van der Waals surface area contributed by atoms with Gasteiger partial charge in [-0.25, -0.2) is 0 Å². The number of phenolic OH excluding ortho intramolecular Hbond substituents is 2. The number of phenols is 2. The molecule has 0 saturated heterocycles. The third-order valence-corrected chi connectivity index (χ3v) is 6.49. The standard InChI is InChI=1S/C32H40N2O2.2C2H4O2.Co/c1-5-9-12-23-16-25(7-3)31(35)27(18-23)21-33-29-14-11-15-30(20-29)34-22-28-19-24(13-10-6-2)17-26(8-4)32(28)36;2*1-2(3)4;/h11,14-22,35-36H,5-10,12-13H2,1-4H3;2*1H3,(H,3,4);/q;;;+2/p-2. The number of carboxylic acids is 2. The Kier molecular flexibility index (Phi) is 20.6. The predicted molar refractivity (Wildman–Crippen MR) is 175 cm³/mol. The fourth-order valence-corrected chi connectivity index (χ4v) is 4.30. The summed E-state index contributed by atoms with van der Waals surface area (Å²) < 4.78 is 0. The van der Waals surface area contributed by atoms with Crippen LogP contribution in [0.15, 0.2) is 58.5 Å². The first-order chi connectivity index (χ1) is 20.9. The molecule has 2 N–H and O–H groups in total. The summed E-state index contributed by atoms with van der Waals surface area (Å²) in [7, 11) is 0. The van der Waals surface area contributed by atoms with Crippen molar-refractivity contribution >= 4 is 35.7 Å². The van der Waals surface area contributed by atoms with Crippen molar-refractivity contribution in [3.05, 3.63) is 81.9 Å². The molecule has 8 nitrogen and oxygen atoms in total. The second kappa shape index (κ2) is 22.5. The summed E-state index contributed by atoms with van der Waals surface area (Å²) in [6.07, 6.45) is 11.6. The molecule has 0 heterocycles. The Morgan fingerprint density at radius 1 is 0.689 bits per heavy atom. The molecule has 0 bridgehead atoms. The van der Waals surface area contributed by atoms with Crippen molar-refractivity contribution < 1.29 is 46.8 Å². The minimum absolute atomic E-state index is 0. The first-order valence-corrected chi connectivity index (χ1v) is 15.2. The molecule has 0 aliphatic rings. The van der Waals surface area contributed by atoms with Gasteiger partial charge >= 0.3 is 16.8 Å². The summed E-state index contributed by atoms with van der Waals surface area (Å²) in [4.78, 5) is 27.0. The molecule has 0 aliphatic heterocycles. The van der Waals surface area contributed by atoms with Gasteiger partial charge in [-0.05, 0) is 105 Å². The number of nitrogens with zero attached hydrogens (tertiary/aromatic N) is 2. The second-order valence-corrected chi connectivity index (χ2v) is 10.3. The number of unbranched alkanes of at least 4 members (excludes halogenated alkanes) is 2. The molecule has 0 fully saturated rings. The van der Waals surface area contributed by atoms with Gasteiger partial charge in [0.05, 0.1) is 11.4 Å². The van der Waals surface area contributed by atoms with Crippen molar-refractivity contribution in [1.29, 1.82) is 0 Å². The number of rotatable bonds is 12. The van der Waals surface area contributed by atoms with E-state index in [1.807, 2.05) is 36.4 Å². The normalized spacial score (nSPS) is 10.4. The molecule has 1 radical (unpaired) electrons. The van der Waals surface area contributed by atoms with Crippen LogP contribution in [-0.4, -0.2) is 34.6 Å². The third kappa shape index (κ3) is 16.1. The van der Waals surface area contributed by atoms with Crippen molar-refractivity contribution in [1.82, 2.24) is 0 Å². The molecule has 0 amide bonds. The molecule has 0 spiro atoms. The average molecular weight is 662 g/mol. The number of aromatic hydroxyl groups is 2. The maximum Gasteiger partial charge on any atom is 2.00 e. The van der Waals surface area contributed by atoms with Gasteiger partial charge in [0.15, 0.2) is 0 Å². The van der Waals surface area contributed by atoms with Crippen LogP contribution in [-0.2, 0) is 52.1 Å². The van der Waals surface area contributed by atoms with Gasteiger partial charge in [-0.3, -0.25) is 9.98 Å². The summed E-state index contributed by atoms with van der Waals surface area (Å²) in [5.74, 6) is -1.55. The Bertz CT molecular complexity index is 1310. The zero-order valence-corrected chi connectivity index (χ0v) is 28.2. The van der Waals surface area contributed by atoms with Crippen molar-refractivity contribution in [3.63, 3.8) is 0 Å². The second-order valence-electron chi connectivity index (χ2n) is 10.3. The number of aryl methyl sites for hydroxylation is 4. The minimum Gasteiger partial charge on any atom is -0.550 e. The summed E-state index contributed by atoms with van der Waals surface area (Å²) in [5, 5.41) is 39.2. The average Bonchev–Trinajstić information content (AvgIpc) is 2.98. The molecular weight excluding hydrogens is 615 g/mol. The van der Waals surface area contributed by atoms with Crippen LogP contribution in [0.1, 0.15) is 101 Å². The van der Waals surface area contributed by atoms with Gasteiger partial charge in [0, 0.05) is 35.5 Å². The van der Waals surface area contributed by atoms with Gasteiger partial charge in [0.25, 0.3) is 0 Å². The maximum atomic E-state index is 10.7. The van der Waals surface area contributed by atoms with Crippen LogP contribution in [0.5, 0.6) is 11.5 Å². The fraction of sp³-hybridized carbons (Fsp3) is 0.389. The molecule has 245 valence electrons. The Balaban J connectivity index is 0.00000192. The van der Waals surface area contributed by atoms with Gasteiger partial charge in [0.1, 0.15) is 11.5 Å². The van der Waals surface area contributed by atoms with E-state index in [1.54, 1.807) is 12.4 Å². The van der Waals surface area contributed by atoms with Crippen LogP contribution < -0.4 is 10.2 Å². The molecule has 3 rings (SSSR count). The number of aliphatic carboxylic acids is 2. The Morgan fingerprint density at radius 3 is 1.36 bits per heavy atom. The van der Waals surface area contributed by atoms with E-state index in [1.165, 1.54) is 11.1 Å². The monoisotopic (exact) mass is 661 g/mol. The first-order valence-electron chi connectivity index (χ1n) is 15.2. The van der Waals surface area contributed by atoms with Gasteiger partial charge in [-0.15, -0.1) is 0 Å². The molecule has 3 aromatic rings. The van der Waals surface area contributed by atoms with Gasteiger partial charge < -0.3 is 30.0 Å². The zero-order valence-electron chi connectivity index (χ0n) is 27.2. The Morgan fingerprint density at radius 2 is 1.04 bits per heavy atom. The van der Waals surface area contributed by atoms with E-state index in [4.69, 9.17) is 19.8 Å². The SMILES string of the molecule is CC(=O)[O-].CC(=O)[O-].CCCCc1cc(C=Nc2cccc(N=Cc3cc(CCCC)cc(CC)c3O)c2)c(O)c(CC)c1.[Co+2]. The van der Waals surface area contributed by atoms with Crippen molar-refractivity contribution in [2.75, 3.05) is 0 Å². The molecule has 45 heavy (non-hydrogen) atoms. The maximum absolute atomic E-state index is 10.7. The molecule has 3 aromatic carbocycles. The number of carbonyl (C=O) groups is 2. The summed E-state index contributed by atoms with van der Waals surface area (Å²) in [5.41, 5.74) is 7.39. The van der Waals surface area contributed by atoms with Crippen LogP contribution in [0.4, 0.5) is 11.4 Å². The number of benzene rings is 3. The summed E-state index contributed by atoms with van der Waals surface area (Å²) in [6.45, 7) is 10.4.